The summed E-state index contributed by atoms with van der Waals surface area (Å²) in [6, 6.07) is 5.75. The van der Waals surface area contributed by atoms with E-state index in [-0.39, 0.29) is 0 Å². The molecule has 0 aliphatic carbocycles. The number of hydrogen-bond donors (Lipinski definition) is 0. The Balaban J connectivity index is 2.26. The van der Waals surface area contributed by atoms with Crippen molar-refractivity contribution in [2.75, 3.05) is 7.11 Å². The number of nitrogens with zero attached hydrogens (tertiary/aromatic N) is 3. The van der Waals surface area contributed by atoms with Crippen LogP contribution in [0.4, 0.5) is 0 Å². The van der Waals surface area contributed by atoms with E-state index in [1.165, 1.54) is 0 Å². The third kappa shape index (κ3) is 1.78. The first-order valence-corrected chi connectivity index (χ1v) is 6.08. The largest absolute Gasteiger partial charge is 0.481 e. The Morgan fingerprint density at radius 2 is 2.00 bits per heavy atom. The third-order valence-electron chi connectivity index (χ3n) is 3.13. The van der Waals surface area contributed by atoms with Gasteiger partial charge in [-0.2, -0.15) is 9.61 Å². The molecule has 0 aromatic carbocycles. The summed E-state index contributed by atoms with van der Waals surface area (Å²) >= 11 is 0. The Hall–Kier alpha value is -2.30. The van der Waals surface area contributed by atoms with Gasteiger partial charge in [-0.1, -0.05) is 0 Å². The van der Waals surface area contributed by atoms with Gasteiger partial charge in [0.2, 0.25) is 11.6 Å². The molecule has 0 fully saturated rings. The smallest absolute Gasteiger partial charge is 0.222 e. The van der Waals surface area contributed by atoms with Crippen LogP contribution in [0.25, 0.3) is 17.0 Å². The Morgan fingerprint density at radius 3 is 2.68 bits per heavy atom. The number of methoxy groups -OCH3 is 1. The molecule has 19 heavy (non-hydrogen) atoms. The van der Waals surface area contributed by atoms with E-state index >= 15 is 0 Å². The first-order chi connectivity index (χ1) is 9.10. The van der Waals surface area contributed by atoms with Gasteiger partial charge in [-0.3, -0.25) is 0 Å². The molecule has 0 bridgehead atoms. The minimum absolute atomic E-state index is 0.607. The minimum Gasteiger partial charge on any atom is -0.481 e. The topological polar surface area (TPSA) is 52.6 Å². The van der Waals surface area contributed by atoms with E-state index in [4.69, 9.17) is 9.15 Å². The van der Waals surface area contributed by atoms with Crippen LogP contribution in [-0.4, -0.2) is 21.7 Å². The predicted octanol–water partition coefficient (Wildman–Crippen LogP) is 2.92. The third-order valence-corrected chi connectivity index (χ3v) is 3.13. The standard InChI is InChI=1S/C14H15N3O2/c1-8-7-13-17(16-8)14(10(3)19-13)11-5-6-12(18-4)15-9(11)2/h5-7H,1-4H3. The second kappa shape index (κ2) is 4.12. The number of aryl methyl sites for hydroxylation is 3. The highest BCUT2D eigenvalue weighted by atomic mass is 16.5. The van der Waals surface area contributed by atoms with Crippen LogP contribution in [0.5, 0.6) is 5.88 Å². The van der Waals surface area contributed by atoms with Gasteiger partial charge in [0.25, 0.3) is 0 Å². The molecule has 0 saturated carbocycles. The lowest BCUT2D eigenvalue weighted by atomic mass is 10.1. The van der Waals surface area contributed by atoms with Gasteiger partial charge in [-0.05, 0) is 26.8 Å². The zero-order chi connectivity index (χ0) is 13.6. The molecule has 0 amide bonds. The molecular formula is C14H15N3O2. The van der Waals surface area contributed by atoms with Gasteiger partial charge in [0.05, 0.1) is 18.5 Å². The lowest BCUT2D eigenvalue weighted by Gasteiger charge is -2.06. The fourth-order valence-corrected chi connectivity index (χ4v) is 2.27. The van der Waals surface area contributed by atoms with Crippen LogP contribution < -0.4 is 4.74 Å². The molecule has 0 spiro atoms. The van der Waals surface area contributed by atoms with Crippen molar-refractivity contribution in [2.24, 2.45) is 0 Å². The van der Waals surface area contributed by atoms with Crippen LogP contribution in [0.3, 0.4) is 0 Å². The molecule has 3 aromatic rings. The first-order valence-electron chi connectivity index (χ1n) is 6.08. The van der Waals surface area contributed by atoms with E-state index in [0.717, 1.165) is 34.1 Å². The molecule has 5 nitrogen and oxygen atoms in total. The highest BCUT2D eigenvalue weighted by molar-refractivity contribution is 5.67. The van der Waals surface area contributed by atoms with Crippen molar-refractivity contribution in [3.8, 4) is 17.1 Å². The van der Waals surface area contributed by atoms with E-state index < -0.39 is 0 Å². The van der Waals surface area contributed by atoms with E-state index in [2.05, 4.69) is 10.1 Å². The van der Waals surface area contributed by atoms with Gasteiger partial charge in [0.1, 0.15) is 11.5 Å². The molecule has 0 atom stereocenters. The van der Waals surface area contributed by atoms with Crippen molar-refractivity contribution in [1.82, 2.24) is 14.6 Å². The number of ether oxygens (including phenoxy) is 1. The Bertz CT molecular complexity index is 755. The van der Waals surface area contributed by atoms with Crippen molar-refractivity contribution >= 4 is 5.71 Å². The van der Waals surface area contributed by atoms with Gasteiger partial charge < -0.3 is 9.15 Å². The average molecular weight is 257 g/mol. The zero-order valence-electron chi connectivity index (χ0n) is 11.4. The molecule has 0 aliphatic heterocycles. The summed E-state index contributed by atoms with van der Waals surface area (Å²) < 4.78 is 12.7. The van der Waals surface area contributed by atoms with Gasteiger partial charge in [0.15, 0.2) is 0 Å². The second-order valence-corrected chi connectivity index (χ2v) is 4.53. The summed E-state index contributed by atoms with van der Waals surface area (Å²) in [7, 11) is 1.61. The highest BCUT2D eigenvalue weighted by Gasteiger charge is 2.17. The van der Waals surface area contributed by atoms with Crippen LogP contribution in [0.2, 0.25) is 0 Å². The summed E-state index contributed by atoms with van der Waals surface area (Å²) in [5, 5.41) is 4.46. The van der Waals surface area contributed by atoms with Gasteiger partial charge in [-0.25, -0.2) is 4.98 Å². The maximum atomic E-state index is 5.73. The summed E-state index contributed by atoms with van der Waals surface area (Å²) in [5.74, 6) is 1.44. The van der Waals surface area contributed by atoms with E-state index in [9.17, 15) is 0 Å². The van der Waals surface area contributed by atoms with E-state index in [0.29, 0.717) is 5.88 Å². The van der Waals surface area contributed by atoms with E-state index in [1.807, 2.05) is 43.5 Å². The van der Waals surface area contributed by atoms with Crippen LogP contribution in [-0.2, 0) is 0 Å². The van der Waals surface area contributed by atoms with E-state index in [1.54, 1.807) is 7.11 Å². The summed E-state index contributed by atoms with van der Waals surface area (Å²) in [4.78, 5) is 4.40. The second-order valence-electron chi connectivity index (χ2n) is 4.53. The van der Waals surface area contributed by atoms with Gasteiger partial charge >= 0.3 is 0 Å². The van der Waals surface area contributed by atoms with Crippen molar-refractivity contribution in [1.29, 1.82) is 0 Å². The number of fused-ring (bicyclic) bond motifs is 1. The number of hydrogen-bond acceptors (Lipinski definition) is 4. The van der Waals surface area contributed by atoms with Crippen molar-refractivity contribution < 1.29 is 9.15 Å². The summed E-state index contributed by atoms with van der Waals surface area (Å²) in [6.07, 6.45) is 0. The summed E-state index contributed by atoms with van der Waals surface area (Å²) in [5.41, 5.74) is 4.51. The van der Waals surface area contributed by atoms with Crippen molar-refractivity contribution in [3.05, 3.63) is 35.3 Å². The first kappa shape index (κ1) is 11.8. The fourth-order valence-electron chi connectivity index (χ4n) is 2.27. The highest BCUT2D eigenvalue weighted by Crippen LogP contribution is 2.30. The SMILES string of the molecule is COc1ccc(-c2c(C)oc3cc(C)nn23)c(C)n1. The quantitative estimate of drug-likeness (QED) is 0.708. The Labute approximate surface area is 110 Å². The molecule has 3 rings (SSSR count). The van der Waals surface area contributed by atoms with Crippen molar-refractivity contribution in [3.63, 3.8) is 0 Å². The minimum atomic E-state index is 0.607. The monoisotopic (exact) mass is 257 g/mol. The summed E-state index contributed by atoms with van der Waals surface area (Å²) in [6.45, 7) is 5.83. The lowest BCUT2D eigenvalue weighted by molar-refractivity contribution is 0.397. The molecule has 5 heteroatoms. The molecule has 3 heterocycles. The molecular weight excluding hydrogens is 242 g/mol. The average Bonchev–Trinajstić information content (AvgIpc) is 2.84. The molecule has 0 saturated heterocycles. The number of pyridine rings is 1. The number of rotatable bonds is 2. The fraction of sp³-hybridized carbons (Fsp3) is 0.286. The molecule has 0 unspecified atom stereocenters. The molecule has 3 aromatic heterocycles. The number of aromatic nitrogens is 3. The lowest BCUT2D eigenvalue weighted by Crippen LogP contribution is -1.96. The molecule has 0 N–H and O–H groups in total. The molecule has 98 valence electrons. The normalized spacial score (nSPS) is 11.2. The molecule has 0 radical (unpaired) electrons. The van der Waals surface area contributed by atoms with Crippen LogP contribution in [0, 0.1) is 20.8 Å². The maximum Gasteiger partial charge on any atom is 0.222 e. The van der Waals surface area contributed by atoms with Crippen LogP contribution >= 0.6 is 0 Å². The number of oxazole rings is 1. The Kier molecular flexibility index (Phi) is 2.55. The Morgan fingerprint density at radius 1 is 1.21 bits per heavy atom. The van der Waals surface area contributed by atoms with Crippen molar-refractivity contribution in [2.45, 2.75) is 20.8 Å². The van der Waals surface area contributed by atoms with Gasteiger partial charge in [0, 0.05) is 17.7 Å². The zero-order valence-corrected chi connectivity index (χ0v) is 11.4. The molecule has 0 aliphatic rings. The predicted molar refractivity (Wildman–Crippen MR) is 71.5 cm³/mol. The van der Waals surface area contributed by atoms with Crippen LogP contribution in [0.1, 0.15) is 17.1 Å². The van der Waals surface area contributed by atoms with Crippen LogP contribution in [0.15, 0.2) is 22.6 Å². The maximum absolute atomic E-state index is 5.73. The van der Waals surface area contributed by atoms with Gasteiger partial charge in [-0.15, -0.1) is 0 Å².